The predicted octanol–water partition coefficient (Wildman–Crippen LogP) is 3.49. The summed E-state index contributed by atoms with van der Waals surface area (Å²) in [5, 5.41) is 1.12. The summed E-state index contributed by atoms with van der Waals surface area (Å²) in [6.45, 7) is 6.72. The van der Waals surface area contributed by atoms with Gasteiger partial charge in [0.25, 0.3) is 0 Å². The van der Waals surface area contributed by atoms with Gasteiger partial charge in [-0.15, -0.1) is 0 Å². The molecule has 0 aliphatic carbocycles. The zero-order valence-corrected chi connectivity index (χ0v) is 19.2. The third-order valence-corrected chi connectivity index (χ3v) is 8.06. The molecular weight excluding hydrogens is 422 g/mol. The summed E-state index contributed by atoms with van der Waals surface area (Å²) < 4.78 is 26.3. The Labute approximate surface area is 189 Å². The highest BCUT2D eigenvalue weighted by molar-refractivity contribution is 7.92. The molecule has 0 bridgehead atoms. The van der Waals surface area contributed by atoms with Crippen molar-refractivity contribution in [1.29, 1.82) is 0 Å². The fourth-order valence-corrected chi connectivity index (χ4v) is 5.64. The maximum Gasteiger partial charge on any atom is 0.232 e. The zero-order chi connectivity index (χ0) is 22.2. The maximum absolute atomic E-state index is 11.8. The van der Waals surface area contributed by atoms with Crippen molar-refractivity contribution < 1.29 is 8.42 Å². The molecule has 1 aromatic heterocycles. The number of anilines is 2. The summed E-state index contributed by atoms with van der Waals surface area (Å²) >= 11 is 0. The fourth-order valence-electron chi connectivity index (χ4n) is 5.01. The van der Waals surface area contributed by atoms with Crippen molar-refractivity contribution in [3.63, 3.8) is 0 Å². The first-order valence-electron chi connectivity index (χ1n) is 11.2. The highest BCUT2D eigenvalue weighted by Gasteiger charge is 2.44. The summed E-state index contributed by atoms with van der Waals surface area (Å²) in [7, 11) is -3.25. The second-order valence-corrected chi connectivity index (χ2v) is 11.1. The van der Waals surface area contributed by atoms with Crippen molar-refractivity contribution in [2.75, 3.05) is 41.6 Å². The lowest BCUT2D eigenvalue weighted by molar-refractivity contribution is -0.0240. The smallest absolute Gasteiger partial charge is 0.232 e. The predicted molar refractivity (Wildman–Crippen MR) is 128 cm³/mol. The van der Waals surface area contributed by atoms with Crippen molar-refractivity contribution in [3.8, 4) is 0 Å². The first-order valence-corrected chi connectivity index (χ1v) is 12.9. The minimum absolute atomic E-state index is 0.0771. The number of nitrogens with one attached hydrogen (secondary N) is 1. The Balaban J connectivity index is 1.18. The van der Waals surface area contributed by atoms with E-state index in [2.05, 4.69) is 36.6 Å². The Morgan fingerprint density at radius 3 is 2.59 bits per heavy atom. The number of para-hydroxylation sites is 1. The number of fused-ring (bicyclic) bond motifs is 1. The zero-order valence-electron chi connectivity index (χ0n) is 18.4. The average Bonchev–Trinajstić information content (AvgIpc) is 2.78. The molecular formula is C24H29N5O2S. The molecule has 1 N–H and O–H groups in total. The van der Waals surface area contributed by atoms with E-state index in [-0.39, 0.29) is 5.75 Å². The maximum atomic E-state index is 11.8. The van der Waals surface area contributed by atoms with Crippen LogP contribution in [0.3, 0.4) is 0 Å². The third kappa shape index (κ3) is 4.29. The molecule has 5 rings (SSSR count). The Bertz CT molecular complexity index is 1210. The lowest BCUT2D eigenvalue weighted by Crippen LogP contribution is -2.59. The van der Waals surface area contributed by atoms with Gasteiger partial charge >= 0.3 is 0 Å². The van der Waals surface area contributed by atoms with Gasteiger partial charge in [-0.3, -0.25) is 9.62 Å². The van der Waals surface area contributed by atoms with E-state index >= 15 is 0 Å². The van der Waals surface area contributed by atoms with Crippen molar-refractivity contribution in [2.24, 2.45) is 5.41 Å². The molecule has 2 saturated heterocycles. The molecule has 0 amide bonds. The van der Waals surface area contributed by atoms with Gasteiger partial charge in [0.1, 0.15) is 12.1 Å². The Hall–Kier alpha value is -2.71. The molecule has 2 fully saturated rings. The topological polar surface area (TPSA) is 78.4 Å². The van der Waals surface area contributed by atoms with E-state index < -0.39 is 10.0 Å². The highest BCUT2D eigenvalue weighted by atomic mass is 32.2. The monoisotopic (exact) mass is 451 g/mol. The van der Waals surface area contributed by atoms with Gasteiger partial charge in [0, 0.05) is 43.8 Å². The third-order valence-electron chi connectivity index (χ3n) is 6.75. The van der Waals surface area contributed by atoms with Crippen molar-refractivity contribution in [1.82, 2.24) is 14.9 Å². The molecule has 2 aromatic carbocycles. The van der Waals surface area contributed by atoms with Crippen LogP contribution in [0.25, 0.3) is 10.9 Å². The molecule has 1 spiro atoms. The van der Waals surface area contributed by atoms with Gasteiger partial charge in [-0.1, -0.05) is 24.3 Å². The van der Waals surface area contributed by atoms with Crippen LogP contribution in [-0.2, 0) is 16.6 Å². The van der Waals surface area contributed by atoms with Crippen LogP contribution in [0.1, 0.15) is 25.3 Å². The molecule has 32 heavy (non-hydrogen) atoms. The van der Waals surface area contributed by atoms with E-state index in [1.54, 1.807) is 19.3 Å². The van der Waals surface area contributed by atoms with Gasteiger partial charge in [0.05, 0.1) is 11.3 Å². The number of hydrogen-bond donors (Lipinski definition) is 1. The van der Waals surface area contributed by atoms with Crippen molar-refractivity contribution in [3.05, 3.63) is 60.4 Å². The van der Waals surface area contributed by atoms with Gasteiger partial charge in [-0.2, -0.15) is 0 Å². The molecule has 0 unspecified atom stereocenters. The number of rotatable bonds is 6. The van der Waals surface area contributed by atoms with E-state index in [0.717, 1.165) is 67.8 Å². The second kappa shape index (κ2) is 8.33. The van der Waals surface area contributed by atoms with Crippen molar-refractivity contribution >= 4 is 32.4 Å². The summed E-state index contributed by atoms with van der Waals surface area (Å²) in [5.74, 6) is 1.13. The van der Waals surface area contributed by atoms with Gasteiger partial charge in [0.15, 0.2) is 0 Å². The van der Waals surface area contributed by atoms with E-state index in [0.29, 0.717) is 11.1 Å². The molecule has 0 saturated carbocycles. The van der Waals surface area contributed by atoms with E-state index in [9.17, 15) is 8.42 Å². The van der Waals surface area contributed by atoms with Gasteiger partial charge in [-0.25, -0.2) is 18.4 Å². The SMILES string of the molecule is CCS(=O)(=O)Nc1cccc(CN2CC3(CCN(c4ncnc5ccccc45)CC3)C2)c1. The van der Waals surface area contributed by atoms with Crippen LogP contribution in [-0.4, -0.2) is 55.2 Å². The van der Waals surface area contributed by atoms with Crippen LogP contribution in [0.5, 0.6) is 0 Å². The van der Waals surface area contributed by atoms with Gasteiger partial charge < -0.3 is 4.90 Å². The summed E-state index contributed by atoms with van der Waals surface area (Å²) in [6.07, 6.45) is 4.00. The highest BCUT2D eigenvalue weighted by Crippen LogP contribution is 2.42. The van der Waals surface area contributed by atoms with Crippen LogP contribution in [0.15, 0.2) is 54.9 Å². The number of nitrogens with zero attached hydrogens (tertiary/aromatic N) is 4. The van der Waals surface area contributed by atoms with Crippen molar-refractivity contribution in [2.45, 2.75) is 26.3 Å². The molecule has 3 aromatic rings. The Morgan fingerprint density at radius 1 is 1.03 bits per heavy atom. The molecule has 2 aliphatic rings. The molecule has 2 aliphatic heterocycles. The van der Waals surface area contributed by atoms with Crippen LogP contribution >= 0.6 is 0 Å². The molecule has 0 radical (unpaired) electrons. The standard InChI is InChI=1S/C24H29N5O2S/c1-2-32(30,31)27-20-7-5-6-19(14-20)15-28-16-24(17-28)10-12-29(13-11-24)23-21-8-3-4-9-22(21)25-18-26-23/h3-9,14,18,27H,2,10-13,15-17H2,1H3. The van der Waals surface area contributed by atoms with E-state index in [4.69, 9.17) is 0 Å². The number of hydrogen-bond acceptors (Lipinski definition) is 6. The lowest BCUT2D eigenvalue weighted by atomic mass is 9.72. The quantitative estimate of drug-likeness (QED) is 0.618. The lowest BCUT2D eigenvalue weighted by Gasteiger charge is -2.54. The number of sulfonamides is 1. The molecule has 8 heteroatoms. The van der Waals surface area contributed by atoms with E-state index in [1.165, 1.54) is 0 Å². The number of benzene rings is 2. The second-order valence-electron chi connectivity index (χ2n) is 9.05. The number of likely N-dealkylation sites (tertiary alicyclic amines) is 1. The first-order chi connectivity index (χ1) is 15.5. The van der Waals surface area contributed by atoms with Crippen LogP contribution in [0, 0.1) is 5.41 Å². The fraction of sp³-hybridized carbons (Fsp3) is 0.417. The number of piperidine rings is 1. The summed E-state index contributed by atoms with van der Waals surface area (Å²) in [6, 6.07) is 15.9. The van der Waals surface area contributed by atoms with Gasteiger partial charge in [0.2, 0.25) is 10.0 Å². The summed E-state index contributed by atoms with van der Waals surface area (Å²) in [5.41, 5.74) is 3.17. The van der Waals surface area contributed by atoms with Gasteiger partial charge in [-0.05, 0) is 55.0 Å². The minimum Gasteiger partial charge on any atom is -0.356 e. The molecule has 0 atom stereocenters. The van der Waals surface area contributed by atoms with E-state index in [1.807, 2.05) is 30.3 Å². The van der Waals surface area contributed by atoms with Crippen LogP contribution < -0.4 is 9.62 Å². The van der Waals surface area contributed by atoms with Crippen LogP contribution in [0.4, 0.5) is 11.5 Å². The molecule has 168 valence electrons. The minimum atomic E-state index is -3.25. The normalized spacial score (nSPS) is 18.6. The molecule has 7 nitrogen and oxygen atoms in total. The molecule has 3 heterocycles. The van der Waals surface area contributed by atoms with Crippen LogP contribution in [0.2, 0.25) is 0 Å². The summed E-state index contributed by atoms with van der Waals surface area (Å²) in [4.78, 5) is 13.8. The largest absolute Gasteiger partial charge is 0.356 e. The number of aromatic nitrogens is 2. The Kier molecular flexibility index (Phi) is 5.51. The Morgan fingerprint density at radius 2 is 1.81 bits per heavy atom. The first kappa shape index (κ1) is 21.2. The average molecular weight is 452 g/mol.